The number of amides is 1. The molecule has 0 saturated heterocycles. The standard InChI is InChI=1S/C16H22N4O/c1-12-6-8-13(9-7-12)14-10-15(18(2)3)17-20(14)11-16(21)19(4)5/h6-10H,11H2,1-5H3. The lowest BCUT2D eigenvalue weighted by atomic mass is 10.1. The second-order valence-electron chi connectivity index (χ2n) is 5.59. The second kappa shape index (κ2) is 5.99. The summed E-state index contributed by atoms with van der Waals surface area (Å²) in [7, 11) is 7.40. The second-order valence-corrected chi connectivity index (χ2v) is 5.59. The van der Waals surface area contributed by atoms with Gasteiger partial charge in [-0.3, -0.25) is 9.48 Å². The number of aromatic nitrogens is 2. The predicted molar refractivity (Wildman–Crippen MR) is 85.4 cm³/mol. The molecule has 5 nitrogen and oxygen atoms in total. The molecule has 0 aliphatic rings. The summed E-state index contributed by atoms with van der Waals surface area (Å²) in [5, 5.41) is 4.53. The van der Waals surface area contributed by atoms with Crippen molar-refractivity contribution in [1.82, 2.24) is 14.7 Å². The number of carbonyl (C=O) groups excluding carboxylic acids is 1. The van der Waals surface area contributed by atoms with Crippen LogP contribution in [-0.4, -0.2) is 48.8 Å². The molecule has 0 aliphatic carbocycles. The van der Waals surface area contributed by atoms with Crippen molar-refractivity contribution < 1.29 is 4.79 Å². The van der Waals surface area contributed by atoms with Crippen LogP contribution in [0.4, 0.5) is 5.82 Å². The van der Waals surface area contributed by atoms with Crippen LogP contribution in [0.25, 0.3) is 11.3 Å². The van der Waals surface area contributed by atoms with Gasteiger partial charge in [-0.1, -0.05) is 29.8 Å². The Morgan fingerprint density at radius 1 is 1.14 bits per heavy atom. The van der Waals surface area contributed by atoms with Gasteiger partial charge in [-0.25, -0.2) is 0 Å². The van der Waals surface area contributed by atoms with Crippen molar-refractivity contribution >= 4 is 11.7 Å². The lowest BCUT2D eigenvalue weighted by molar-refractivity contribution is -0.129. The summed E-state index contributed by atoms with van der Waals surface area (Å²) in [6.07, 6.45) is 0. The Hall–Kier alpha value is -2.30. The Kier molecular flexibility index (Phi) is 4.31. The molecule has 1 amide bonds. The largest absolute Gasteiger partial charge is 0.361 e. The van der Waals surface area contributed by atoms with Crippen molar-refractivity contribution in [2.75, 3.05) is 33.1 Å². The van der Waals surface area contributed by atoms with E-state index in [0.717, 1.165) is 17.1 Å². The van der Waals surface area contributed by atoms with Crippen LogP contribution in [-0.2, 0) is 11.3 Å². The average Bonchev–Trinajstić information content (AvgIpc) is 2.83. The van der Waals surface area contributed by atoms with Gasteiger partial charge in [0, 0.05) is 34.3 Å². The summed E-state index contributed by atoms with van der Waals surface area (Å²) in [6.45, 7) is 2.30. The van der Waals surface area contributed by atoms with Crippen molar-refractivity contribution in [2.45, 2.75) is 13.5 Å². The van der Waals surface area contributed by atoms with E-state index in [-0.39, 0.29) is 12.5 Å². The Bertz CT molecular complexity index is 626. The third kappa shape index (κ3) is 3.42. The van der Waals surface area contributed by atoms with Crippen molar-refractivity contribution in [3.05, 3.63) is 35.9 Å². The highest BCUT2D eigenvalue weighted by molar-refractivity contribution is 5.76. The highest BCUT2D eigenvalue weighted by atomic mass is 16.2. The first kappa shape index (κ1) is 15.1. The van der Waals surface area contributed by atoms with E-state index in [1.165, 1.54) is 5.56 Å². The monoisotopic (exact) mass is 286 g/mol. The van der Waals surface area contributed by atoms with Crippen LogP contribution in [0.15, 0.2) is 30.3 Å². The van der Waals surface area contributed by atoms with E-state index >= 15 is 0 Å². The highest BCUT2D eigenvalue weighted by Crippen LogP contribution is 2.24. The molecule has 0 N–H and O–H groups in total. The van der Waals surface area contributed by atoms with Gasteiger partial charge >= 0.3 is 0 Å². The van der Waals surface area contributed by atoms with Gasteiger partial charge in [-0.15, -0.1) is 0 Å². The molecule has 1 aromatic carbocycles. The first-order valence-corrected chi connectivity index (χ1v) is 6.91. The lowest BCUT2D eigenvalue weighted by Gasteiger charge is -2.12. The summed E-state index contributed by atoms with van der Waals surface area (Å²) < 4.78 is 1.77. The zero-order valence-corrected chi connectivity index (χ0v) is 13.3. The molecule has 112 valence electrons. The molecule has 1 heterocycles. The SMILES string of the molecule is Cc1ccc(-c2cc(N(C)C)nn2CC(=O)N(C)C)cc1. The zero-order chi connectivity index (χ0) is 15.6. The maximum absolute atomic E-state index is 12.0. The van der Waals surface area contributed by atoms with Crippen LogP contribution >= 0.6 is 0 Å². The van der Waals surface area contributed by atoms with Gasteiger partial charge in [0.2, 0.25) is 5.91 Å². The minimum absolute atomic E-state index is 0.0248. The quantitative estimate of drug-likeness (QED) is 0.863. The molecule has 0 aliphatic heterocycles. The van der Waals surface area contributed by atoms with E-state index in [1.807, 2.05) is 25.1 Å². The average molecular weight is 286 g/mol. The van der Waals surface area contributed by atoms with Crippen LogP contribution in [0.3, 0.4) is 0 Å². The third-order valence-corrected chi connectivity index (χ3v) is 3.36. The van der Waals surface area contributed by atoms with Gasteiger partial charge in [-0.2, -0.15) is 5.10 Å². The van der Waals surface area contributed by atoms with Crippen LogP contribution < -0.4 is 4.90 Å². The Morgan fingerprint density at radius 2 is 1.76 bits per heavy atom. The summed E-state index contributed by atoms with van der Waals surface area (Å²) in [5.74, 6) is 0.869. The number of hydrogen-bond donors (Lipinski definition) is 0. The zero-order valence-electron chi connectivity index (χ0n) is 13.3. The molecule has 0 radical (unpaired) electrons. The normalized spacial score (nSPS) is 10.5. The van der Waals surface area contributed by atoms with E-state index in [9.17, 15) is 4.79 Å². The molecule has 1 aromatic heterocycles. The number of hydrogen-bond acceptors (Lipinski definition) is 3. The van der Waals surface area contributed by atoms with Gasteiger partial charge < -0.3 is 9.80 Å². The first-order chi connectivity index (χ1) is 9.88. The van der Waals surface area contributed by atoms with Crippen molar-refractivity contribution in [1.29, 1.82) is 0 Å². The maximum Gasteiger partial charge on any atom is 0.243 e. The molecule has 0 bridgehead atoms. The van der Waals surface area contributed by atoms with Crippen LogP contribution in [0.1, 0.15) is 5.56 Å². The molecule has 21 heavy (non-hydrogen) atoms. The fourth-order valence-corrected chi connectivity index (χ4v) is 1.97. The molecule has 0 fully saturated rings. The molecule has 5 heteroatoms. The van der Waals surface area contributed by atoms with Gasteiger partial charge in [0.1, 0.15) is 6.54 Å². The van der Waals surface area contributed by atoms with Crippen LogP contribution in [0.5, 0.6) is 0 Å². The molecular formula is C16H22N4O. The Morgan fingerprint density at radius 3 is 2.29 bits per heavy atom. The van der Waals surface area contributed by atoms with Gasteiger partial charge in [0.25, 0.3) is 0 Å². The molecule has 0 saturated carbocycles. The van der Waals surface area contributed by atoms with Crippen molar-refractivity contribution in [2.24, 2.45) is 0 Å². The number of likely N-dealkylation sites (N-methyl/N-ethyl adjacent to an activating group) is 1. The van der Waals surface area contributed by atoms with Gasteiger partial charge in [0.15, 0.2) is 5.82 Å². The molecule has 0 unspecified atom stereocenters. The van der Waals surface area contributed by atoms with E-state index in [4.69, 9.17) is 0 Å². The Labute approximate surface area is 125 Å². The van der Waals surface area contributed by atoms with Gasteiger partial charge in [-0.05, 0) is 12.5 Å². The maximum atomic E-state index is 12.0. The summed E-state index contributed by atoms with van der Waals surface area (Å²) >= 11 is 0. The summed E-state index contributed by atoms with van der Waals surface area (Å²) in [4.78, 5) is 15.5. The number of benzene rings is 1. The van der Waals surface area contributed by atoms with E-state index in [1.54, 1.807) is 23.7 Å². The molecule has 0 spiro atoms. The Balaban J connectivity index is 2.42. The van der Waals surface area contributed by atoms with E-state index < -0.39 is 0 Å². The van der Waals surface area contributed by atoms with Crippen LogP contribution in [0.2, 0.25) is 0 Å². The highest BCUT2D eigenvalue weighted by Gasteiger charge is 2.14. The number of rotatable bonds is 4. The predicted octanol–water partition coefficient (Wildman–Crippen LogP) is 2.01. The number of nitrogens with zero attached hydrogens (tertiary/aromatic N) is 4. The lowest BCUT2D eigenvalue weighted by Crippen LogP contribution is -2.27. The third-order valence-electron chi connectivity index (χ3n) is 3.36. The number of carbonyl (C=O) groups is 1. The molecule has 2 aromatic rings. The fourth-order valence-electron chi connectivity index (χ4n) is 1.97. The molecule has 2 rings (SSSR count). The number of anilines is 1. The topological polar surface area (TPSA) is 41.4 Å². The summed E-state index contributed by atoms with van der Waals surface area (Å²) in [5.41, 5.74) is 3.23. The smallest absolute Gasteiger partial charge is 0.243 e. The van der Waals surface area contributed by atoms with Crippen molar-refractivity contribution in [3.63, 3.8) is 0 Å². The number of aryl methyl sites for hydroxylation is 1. The van der Waals surface area contributed by atoms with E-state index in [2.05, 4.69) is 36.3 Å². The van der Waals surface area contributed by atoms with Crippen LogP contribution in [0, 0.1) is 6.92 Å². The van der Waals surface area contributed by atoms with Crippen molar-refractivity contribution in [3.8, 4) is 11.3 Å². The molecule has 0 atom stereocenters. The molecular weight excluding hydrogens is 264 g/mol. The summed E-state index contributed by atoms with van der Waals surface area (Å²) in [6, 6.07) is 10.3. The first-order valence-electron chi connectivity index (χ1n) is 6.91. The van der Waals surface area contributed by atoms with E-state index in [0.29, 0.717) is 0 Å². The fraction of sp³-hybridized carbons (Fsp3) is 0.375. The minimum Gasteiger partial charge on any atom is -0.361 e. The van der Waals surface area contributed by atoms with Gasteiger partial charge in [0.05, 0.1) is 5.69 Å². The minimum atomic E-state index is 0.0248.